The summed E-state index contributed by atoms with van der Waals surface area (Å²) in [5, 5.41) is 14.6. The SMILES string of the molecule is CC(NC(C)C(C)CO)c1cccs1. The number of rotatable bonds is 5. The lowest BCUT2D eigenvalue weighted by Crippen LogP contribution is -2.35. The highest BCUT2D eigenvalue weighted by Gasteiger charge is 2.14. The molecule has 14 heavy (non-hydrogen) atoms. The van der Waals surface area contributed by atoms with Crippen molar-refractivity contribution >= 4 is 11.3 Å². The third kappa shape index (κ3) is 3.08. The molecule has 1 rings (SSSR count). The molecule has 1 aromatic rings. The van der Waals surface area contributed by atoms with E-state index in [1.165, 1.54) is 4.88 Å². The summed E-state index contributed by atoms with van der Waals surface area (Å²) in [6.07, 6.45) is 0. The number of aliphatic hydroxyl groups excluding tert-OH is 1. The van der Waals surface area contributed by atoms with Crippen LogP contribution in [0.3, 0.4) is 0 Å². The molecule has 0 aliphatic rings. The standard InChI is InChI=1S/C11H19NOS/c1-8(7-13)9(2)12-10(3)11-5-4-6-14-11/h4-6,8-10,12-13H,7H2,1-3H3. The maximum Gasteiger partial charge on any atom is 0.0471 e. The maximum absolute atomic E-state index is 9.01. The number of hydrogen-bond donors (Lipinski definition) is 2. The van der Waals surface area contributed by atoms with Crippen LogP contribution in [0.4, 0.5) is 0 Å². The topological polar surface area (TPSA) is 32.3 Å². The second-order valence-electron chi connectivity index (χ2n) is 3.85. The van der Waals surface area contributed by atoms with E-state index in [0.29, 0.717) is 18.0 Å². The lowest BCUT2D eigenvalue weighted by molar-refractivity contribution is 0.202. The molecule has 0 aliphatic heterocycles. The van der Waals surface area contributed by atoms with Crippen LogP contribution in [0, 0.1) is 5.92 Å². The Hall–Kier alpha value is -0.380. The Kier molecular flexibility index (Phi) is 4.58. The fourth-order valence-corrected chi connectivity index (χ4v) is 2.08. The van der Waals surface area contributed by atoms with Gasteiger partial charge in [-0.3, -0.25) is 0 Å². The molecule has 3 heteroatoms. The van der Waals surface area contributed by atoms with E-state index in [1.807, 2.05) is 0 Å². The predicted octanol–water partition coefficient (Wildman–Crippen LogP) is 2.42. The molecular weight excluding hydrogens is 194 g/mol. The maximum atomic E-state index is 9.01. The molecule has 0 saturated carbocycles. The van der Waals surface area contributed by atoms with Crippen LogP contribution >= 0.6 is 11.3 Å². The van der Waals surface area contributed by atoms with Crippen molar-refractivity contribution in [3.05, 3.63) is 22.4 Å². The normalized spacial score (nSPS) is 17.7. The van der Waals surface area contributed by atoms with Crippen molar-refractivity contribution in [3.63, 3.8) is 0 Å². The van der Waals surface area contributed by atoms with E-state index in [2.05, 4.69) is 43.6 Å². The van der Waals surface area contributed by atoms with Crippen LogP contribution in [0.15, 0.2) is 17.5 Å². The van der Waals surface area contributed by atoms with Crippen LogP contribution in [0.25, 0.3) is 0 Å². The van der Waals surface area contributed by atoms with E-state index >= 15 is 0 Å². The van der Waals surface area contributed by atoms with Gasteiger partial charge in [-0.25, -0.2) is 0 Å². The summed E-state index contributed by atoms with van der Waals surface area (Å²) in [5.41, 5.74) is 0. The van der Waals surface area contributed by atoms with Crippen LogP contribution in [-0.4, -0.2) is 17.8 Å². The Labute approximate surface area is 90.0 Å². The Morgan fingerprint density at radius 1 is 1.43 bits per heavy atom. The van der Waals surface area contributed by atoms with E-state index in [9.17, 15) is 0 Å². The highest BCUT2D eigenvalue weighted by molar-refractivity contribution is 7.10. The monoisotopic (exact) mass is 213 g/mol. The van der Waals surface area contributed by atoms with Gasteiger partial charge in [-0.15, -0.1) is 11.3 Å². The van der Waals surface area contributed by atoms with Crippen molar-refractivity contribution in [2.45, 2.75) is 32.9 Å². The highest BCUT2D eigenvalue weighted by atomic mass is 32.1. The average Bonchev–Trinajstić information content (AvgIpc) is 2.69. The third-order valence-electron chi connectivity index (χ3n) is 2.62. The van der Waals surface area contributed by atoms with Crippen LogP contribution in [0.1, 0.15) is 31.7 Å². The zero-order valence-corrected chi connectivity index (χ0v) is 9.84. The molecule has 3 unspecified atom stereocenters. The molecule has 0 aliphatic carbocycles. The quantitative estimate of drug-likeness (QED) is 0.787. The van der Waals surface area contributed by atoms with Gasteiger partial charge in [0, 0.05) is 23.6 Å². The van der Waals surface area contributed by atoms with Crippen molar-refractivity contribution in [2.75, 3.05) is 6.61 Å². The van der Waals surface area contributed by atoms with E-state index in [4.69, 9.17) is 5.11 Å². The molecule has 0 radical (unpaired) electrons. The van der Waals surface area contributed by atoms with Crippen LogP contribution in [-0.2, 0) is 0 Å². The van der Waals surface area contributed by atoms with E-state index < -0.39 is 0 Å². The number of hydrogen-bond acceptors (Lipinski definition) is 3. The molecular formula is C11H19NOS. The summed E-state index contributed by atoms with van der Waals surface area (Å²) in [6.45, 7) is 6.57. The number of aliphatic hydroxyl groups is 1. The molecule has 80 valence electrons. The Balaban J connectivity index is 2.44. The molecule has 0 aromatic carbocycles. The highest BCUT2D eigenvalue weighted by Crippen LogP contribution is 2.19. The fourth-order valence-electron chi connectivity index (χ4n) is 1.34. The lowest BCUT2D eigenvalue weighted by atomic mass is 10.0. The average molecular weight is 213 g/mol. The lowest BCUT2D eigenvalue weighted by Gasteiger charge is -2.23. The van der Waals surface area contributed by atoms with Crippen molar-refractivity contribution in [2.24, 2.45) is 5.92 Å². The van der Waals surface area contributed by atoms with Gasteiger partial charge >= 0.3 is 0 Å². The number of thiophene rings is 1. The smallest absolute Gasteiger partial charge is 0.0471 e. The van der Waals surface area contributed by atoms with E-state index in [-0.39, 0.29) is 6.61 Å². The molecule has 1 aromatic heterocycles. The molecule has 0 bridgehead atoms. The molecule has 1 heterocycles. The van der Waals surface area contributed by atoms with Crippen molar-refractivity contribution in [3.8, 4) is 0 Å². The van der Waals surface area contributed by atoms with Gasteiger partial charge in [-0.2, -0.15) is 0 Å². The first kappa shape index (κ1) is 11.7. The third-order valence-corrected chi connectivity index (χ3v) is 3.68. The van der Waals surface area contributed by atoms with Gasteiger partial charge in [0.25, 0.3) is 0 Å². The Bertz CT molecular complexity index is 248. The van der Waals surface area contributed by atoms with Gasteiger partial charge in [0.2, 0.25) is 0 Å². The first-order chi connectivity index (χ1) is 6.65. The van der Waals surface area contributed by atoms with Crippen LogP contribution in [0.5, 0.6) is 0 Å². The minimum Gasteiger partial charge on any atom is -0.396 e. The van der Waals surface area contributed by atoms with Crippen LogP contribution < -0.4 is 5.32 Å². The molecule has 0 amide bonds. The second kappa shape index (κ2) is 5.49. The minimum absolute atomic E-state index is 0.241. The van der Waals surface area contributed by atoms with Crippen molar-refractivity contribution in [1.29, 1.82) is 0 Å². The van der Waals surface area contributed by atoms with Gasteiger partial charge in [-0.1, -0.05) is 13.0 Å². The number of nitrogens with one attached hydrogen (secondary N) is 1. The molecule has 0 fully saturated rings. The predicted molar refractivity (Wildman–Crippen MR) is 61.6 cm³/mol. The zero-order valence-electron chi connectivity index (χ0n) is 9.03. The molecule has 0 saturated heterocycles. The summed E-state index contributed by atoms with van der Waals surface area (Å²) in [5.74, 6) is 0.303. The summed E-state index contributed by atoms with van der Waals surface area (Å²) < 4.78 is 0. The van der Waals surface area contributed by atoms with Crippen molar-refractivity contribution < 1.29 is 5.11 Å². The summed E-state index contributed by atoms with van der Waals surface area (Å²) in [7, 11) is 0. The van der Waals surface area contributed by atoms with E-state index in [0.717, 1.165) is 0 Å². The molecule has 3 atom stereocenters. The summed E-state index contributed by atoms with van der Waals surface area (Å²) in [4.78, 5) is 1.35. The summed E-state index contributed by atoms with van der Waals surface area (Å²) >= 11 is 1.77. The van der Waals surface area contributed by atoms with Gasteiger partial charge in [0.05, 0.1) is 0 Å². The van der Waals surface area contributed by atoms with Gasteiger partial charge in [-0.05, 0) is 31.2 Å². The van der Waals surface area contributed by atoms with Gasteiger partial charge in [0.1, 0.15) is 0 Å². The Morgan fingerprint density at radius 2 is 2.14 bits per heavy atom. The Morgan fingerprint density at radius 3 is 2.64 bits per heavy atom. The van der Waals surface area contributed by atoms with Crippen LogP contribution in [0.2, 0.25) is 0 Å². The van der Waals surface area contributed by atoms with Gasteiger partial charge in [0.15, 0.2) is 0 Å². The van der Waals surface area contributed by atoms with Crippen molar-refractivity contribution in [1.82, 2.24) is 5.32 Å². The zero-order chi connectivity index (χ0) is 10.6. The van der Waals surface area contributed by atoms with E-state index in [1.54, 1.807) is 11.3 Å². The molecule has 2 N–H and O–H groups in total. The largest absolute Gasteiger partial charge is 0.396 e. The minimum atomic E-state index is 0.241. The molecule has 2 nitrogen and oxygen atoms in total. The second-order valence-corrected chi connectivity index (χ2v) is 4.83. The molecule has 0 spiro atoms. The summed E-state index contributed by atoms with van der Waals surface area (Å²) in [6, 6.07) is 4.92. The first-order valence-corrected chi connectivity index (χ1v) is 5.93. The first-order valence-electron chi connectivity index (χ1n) is 5.05. The van der Waals surface area contributed by atoms with Gasteiger partial charge < -0.3 is 10.4 Å². The fraction of sp³-hybridized carbons (Fsp3) is 0.636.